The number of hydrogen-bond donors (Lipinski definition) is 5. The normalized spacial score (nSPS) is 36.1. The van der Waals surface area contributed by atoms with Crippen LogP contribution in [0.1, 0.15) is 20.8 Å². The summed E-state index contributed by atoms with van der Waals surface area (Å²) in [4.78, 5) is 11.7. The van der Waals surface area contributed by atoms with Crippen molar-refractivity contribution in [2.45, 2.75) is 51.3 Å². The minimum Gasteiger partial charge on any atom is -0.394 e. The van der Waals surface area contributed by atoms with Crippen LogP contribution in [0.15, 0.2) is 0 Å². The molecule has 1 aliphatic heterocycles. The average molecular weight is 277 g/mol. The number of rotatable bonds is 3. The van der Waals surface area contributed by atoms with Gasteiger partial charge in [-0.2, -0.15) is 0 Å². The van der Waals surface area contributed by atoms with Gasteiger partial charge in [-0.15, -0.1) is 0 Å². The van der Waals surface area contributed by atoms with Crippen LogP contribution in [0.2, 0.25) is 0 Å². The summed E-state index contributed by atoms with van der Waals surface area (Å²) in [7, 11) is 0. The van der Waals surface area contributed by atoms with Crippen LogP contribution in [0.5, 0.6) is 0 Å². The van der Waals surface area contributed by atoms with E-state index in [2.05, 4.69) is 5.32 Å². The Hall–Kier alpha value is -0.730. The van der Waals surface area contributed by atoms with Crippen LogP contribution in [0.3, 0.4) is 0 Å². The van der Waals surface area contributed by atoms with E-state index >= 15 is 0 Å². The second-order valence-electron chi connectivity index (χ2n) is 5.83. The molecule has 5 atom stereocenters. The molecule has 1 aliphatic rings. The van der Waals surface area contributed by atoms with Crippen molar-refractivity contribution in [1.82, 2.24) is 5.32 Å². The van der Waals surface area contributed by atoms with Gasteiger partial charge in [0.25, 0.3) is 0 Å². The smallest absolute Gasteiger partial charge is 0.225 e. The highest BCUT2D eigenvalue weighted by Gasteiger charge is 2.43. The molecule has 0 aromatic rings. The van der Waals surface area contributed by atoms with Crippen LogP contribution in [0.4, 0.5) is 0 Å². The third kappa shape index (κ3) is 3.87. The van der Waals surface area contributed by atoms with Gasteiger partial charge in [-0.25, -0.2) is 0 Å². The SMILES string of the molecule is CC(C)(C)C(=O)NCC1OC(CO)C(O)C(O)C1O. The van der Waals surface area contributed by atoms with Crippen LogP contribution in [-0.4, -0.2) is 70.0 Å². The van der Waals surface area contributed by atoms with Crippen molar-refractivity contribution in [3.8, 4) is 0 Å². The minimum atomic E-state index is -1.41. The lowest BCUT2D eigenvalue weighted by Gasteiger charge is -2.40. The van der Waals surface area contributed by atoms with Crippen molar-refractivity contribution in [1.29, 1.82) is 0 Å². The maximum Gasteiger partial charge on any atom is 0.225 e. The third-order valence-electron chi connectivity index (χ3n) is 3.14. The zero-order chi connectivity index (χ0) is 14.8. The number of carbonyl (C=O) groups excluding carboxylic acids is 1. The van der Waals surface area contributed by atoms with E-state index in [1.807, 2.05) is 0 Å². The molecule has 5 N–H and O–H groups in total. The number of hydrogen-bond acceptors (Lipinski definition) is 6. The van der Waals surface area contributed by atoms with E-state index in [-0.39, 0.29) is 12.5 Å². The number of aliphatic hydroxyl groups is 4. The number of carbonyl (C=O) groups is 1. The van der Waals surface area contributed by atoms with Gasteiger partial charge in [0, 0.05) is 12.0 Å². The fraction of sp³-hybridized carbons (Fsp3) is 0.917. The van der Waals surface area contributed by atoms with Crippen molar-refractivity contribution >= 4 is 5.91 Å². The van der Waals surface area contributed by atoms with Crippen LogP contribution < -0.4 is 5.32 Å². The zero-order valence-corrected chi connectivity index (χ0v) is 11.4. The molecular weight excluding hydrogens is 254 g/mol. The Balaban J connectivity index is 2.60. The van der Waals surface area contributed by atoms with Crippen molar-refractivity contribution in [2.24, 2.45) is 5.41 Å². The summed E-state index contributed by atoms with van der Waals surface area (Å²) < 4.78 is 5.27. The molecule has 19 heavy (non-hydrogen) atoms. The topological polar surface area (TPSA) is 119 Å². The molecule has 0 aromatic carbocycles. The van der Waals surface area contributed by atoms with E-state index in [0.29, 0.717) is 0 Å². The molecule has 112 valence electrons. The molecule has 7 heteroatoms. The second kappa shape index (κ2) is 6.15. The van der Waals surface area contributed by atoms with Crippen LogP contribution in [0, 0.1) is 5.41 Å². The standard InChI is InChI=1S/C12H23NO6/c1-12(2,3)11(18)13-4-6-8(15)10(17)9(16)7(5-14)19-6/h6-10,14-17H,4-5H2,1-3H3,(H,13,18). The summed E-state index contributed by atoms with van der Waals surface area (Å²) in [5.41, 5.74) is -0.575. The molecule has 5 unspecified atom stereocenters. The highest BCUT2D eigenvalue weighted by atomic mass is 16.5. The lowest BCUT2D eigenvalue weighted by molar-refractivity contribution is -0.227. The molecule has 0 bridgehead atoms. The molecule has 1 rings (SSSR count). The molecule has 7 nitrogen and oxygen atoms in total. The lowest BCUT2D eigenvalue weighted by Crippen LogP contribution is -2.61. The molecule has 0 spiro atoms. The summed E-state index contributed by atoms with van der Waals surface area (Å²) >= 11 is 0. The summed E-state index contributed by atoms with van der Waals surface area (Å²) in [6.07, 6.45) is -5.94. The first-order chi connectivity index (χ1) is 8.68. The number of ether oxygens (including phenoxy) is 1. The Labute approximate surface area is 112 Å². The molecule has 1 saturated heterocycles. The lowest BCUT2D eigenvalue weighted by atomic mass is 9.93. The first kappa shape index (κ1) is 16.3. The molecule has 1 amide bonds. The molecule has 1 heterocycles. The van der Waals surface area contributed by atoms with E-state index in [1.54, 1.807) is 20.8 Å². The Morgan fingerprint density at radius 2 is 1.63 bits per heavy atom. The van der Waals surface area contributed by atoms with Gasteiger partial charge in [-0.05, 0) is 0 Å². The van der Waals surface area contributed by atoms with Crippen molar-refractivity contribution in [3.05, 3.63) is 0 Å². The molecule has 1 fully saturated rings. The fourth-order valence-corrected chi connectivity index (χ4v) is 1.81. The van der Waals surface area contributed by atoms with E-state index in [9.17, 15) is 20.1 Å². The van der Waals surface area contributed by atoms with Gasteiger partial charge in [0.1, 0.15) is 30.5 Å². The van der Waals surface area contributed by atoms with E-state index in [1.165, 1.54) is 0 Å². The minimum absolute atomic E-state index is 0.00243. The fourth-order valence-electron chi connectivity index (χ4n) is 1.81. The molecule has 0 aliphatic carbocycles. The van der Waals surface area contributed by atoms with Gasteiger partial charge < -0.3 is 30.5 Å². The van der Waals surface area contributed by atoms with Gasteiger partial charge in [0.15, 0.2) is 0 Å². The summed E-state index contributed by atoms with van der Waals surface area (Å²) in [6, 6.07) is 0. The van der Waals surface area contributed by atoms with Crippen molar-refractivity contribution < 1.29 is 30.0 Å². The van der Waals surface area contributed by atoms with E-state index < -0.39 is 42.5 Å². The summed E-state index contributed by atoms with van der Waals surface area (Å²) in [5, 5.41) is 40.6. The molecular formula is C12H23NO6. The van der Waals surface area contributed by atoms with Gasteiger partial charge in [-0.3, -0.25) is 4.79 Å². The predicted octanol–water partition coefficient (Wildman–Crippen LogP) is -2.01. The summed E-state index contributed by atoms with van der Waals surface area (Å²) in [5.74, 6) is -0.218. The second-order valence-corrected chi connectivity index (χ2v) is 5.83. The van der Waals surface area contributed by atoms with Crippen molar-refractivity contribution in [3.63, 3.8) is 0 Å². The Kier molecular flexibility index (Phi) is 5.28. The van der Waals surface area contributed by atoms with Gasteiger partial charge in [0.05, 0.1) is 6.61 Å². The van der Waals surface area contributed by atoms with Gasteiger partial charge in [-0.1, -0.05) is 20.8 Å². The van der Waals surface area contributed by atoms with Gasteiger partial charge in [0.2, 0.25) is 5.91 Å². The van der Waals surface area contributed by atoms with Crippen LogP contribution in [0.25, 0.3) is 0 Å². The monoisotopic (exact) mass is 277 g/mol. The first-order valence-corrected chi connectivity index (χ1v) is 6.27. The van der Waals surface area contributed by atoms with E-state index in [0.717, 1.165) is 0 Å². The maximum atomic E-state index is 11.7. The Bertz CT molecular complexity index is 314. The van der Waals surface area contributed by atoms with Gasteiger partial charge >= 0.3 is 0 Å². The largest absolute Gasteiger partial charge is 0.394 e. The number of aliphatic hydroxyl groups excluding tert-OH is 4. The van der Waals surface area contributed by atoms with E-state index in [4.69, 9.17) is 9.84 Å². The quantitative estimate of drug-likeness (QED) is 0.407. The predicted molar refractivity (Wildman–Crippen MR) is 66.2 cm³/mol. The molecule has 0 radical (unpaired) electrons. The first-order valence-electron chi connectivity index (χ1n) is 6.27. The average Bonchev–Trinajstić information content (AvgIpc) is 2.33. The number of amides is 1. The highest BCUT2D eigenvalue weighted by Crippen LogP contribution is 2.21. The van der Waals surface area contributed by atoms with Crippen LogP contribution >= 0.6 is 0 Å². The Morgan fingerprint density at radius 1 is 1.11 bits per heavy atom. The molecule has 0 aromatic heterocycles. The maximum absolute atomic E-state index is 11.7. The molecule has 0 saturated carbocycles. The zero-order valence-electron chi connectivity index (χ0n) is 11.4. The number of nitrogens with one attached hydrogen (secondary N) is 1. The third-order valence-corrected chi connectivity index (χ3v) is 3.14. The van der Waals surface area contributed by atoms with Crippen molar-refractivity contribution in [2.75, 3.05) is 13.2 Å². The Morgan fingerprint density at radius 3 is 2.11 bits per heavy atom. The van der Waals surface area contributed by atoms with Crippen LogP contribution in [-0.2, 0) is 9.53 Å². The summed E-state index contributed by atoms with van der Waals surface area (Å²) in [6.45, 7) is 4.76. The highest BCUT2D eigenvalue weighted by molar-refractivity contribution is 5.81.